The molecule has 3 aromatic rings. The predicted molar refractivity (Wildman–Crippen MR) is 140 cm³/mol. The van der Waals surface area contributed by atoms with Crippen molar-refractivity contribution in [2.45, 2.75) is 45.1 Å². The van der Waals surface area contributed by atoms with Crippen molar-refractivity contribution in [2.75, 3.05) is 49.5 Å². The Hall–Kier alpha value is -3.19. The summed E-state index contributed by atoms with van der Waals surface area (Å²) in [4.78, 5) is 19.0. The molecule has 1 aromatic carbocycles. The van der Waals surface area contributed by atoms with Crippen LogP contribution in [0.25, 0.3) is 0 Å². The molecule has 3 heterocycles. The van der Waals surface area contributed by atoms with Crippen molar-refractivity contribution in [3.05, 3.63) is 71.7 Å². The Morgan fingerprint density at radius 3 is 2.51 bits per heavy atom. The van der Waals surface area contributed by atoms with Crippen LogP contribution in [0, 0.1) is 0 Å². The van der Waals surface area contributed by atoms with Crippen molar-refractivity contribution in [1.82, 2.24) is 19.9 Å². The third kappa shape index (κ3) is 6.69. The molecule has 0 atom stereocenters. The zero-order valence-electron chi connectivity index (χ0n) is 20.5. The van der Waals surface area contributed by atoms with Crippen molar-refractivity contribution >= 4 is 11.6 Å². The van der Waals surface area contributed by atoms with Crippen molar-refractivity contribution < 1.29 is 4.74 Å². The number of anilines is 2. The smallest absolute Gasteiger partial charge is 0.232 e. The van der Waals surface area contributed by atoms with Crippen LogP contribution in [0.2, 0.25) is 0 Å². The van der Waals surface area contributed by atoms with E-state index >= 15 is 0 Å². The monoisotopic (exact) mass is 472 g/mol. The number of nitrogens with zero attached hydrogens (tertiary/aromatic N) is 5. The first-order chi connectivity index (χ1) is 17.3. The lowest BCUT2D eigenvalue weighted by molar-refractivity contribution is 0.235. The van der Waals surface area contributed by atoms with E-state index in [-0.39, 0.29) is 0 Å². The summed E-state index contributed by atoms with van der Waals surface area (Å²) in [6, 6.07) is 16.7. The van der Waals surface area contributed by atoms with Gasteiger partial charge in [0, 0.05) is 32.7 Å². The summed E-state index contributed by atoms with van der Waals surface area (Å²) >= 11 is 0. The standard InChI is InChI=1S/C28H36N6O/c1-2-9-23(10-3-1)21-30-26-13-8-14-27(32-26)34-18-16-33(17-19-34)15-6-7-20-35-28-22-29-24-11-4-5-12-25(24)31-28/h1-3,8-10,13-14,22H,4-7,11-12,15-21H2,(H,30,32). The van der Waals surface area contributed by atoms with Gasteiger partial charge >= 0.3 is 0 Å². The molecule has 5 rings (SSSR count). The van der Waals surface area contributed by atoms with E-state index in [0.29, 0.717) is 12.5 Å². The quantitative estimate of drug-likeness (QED) is 0.440. The second kappa shape index (κ2) is 12.0. The van der Waals surface area contributed by atoms with Gasteiger partial charge in [0.2, 0.25) is 5.88 Å². The molecule has 1 N–H and O–H groups in total. The van der Waals surface area contributed by atoms with Crippen LogP contribution in [0.1, 0.15) is 42.6 Å². The van der Waals surface area contributed by atoms with E-state index < -0.39 is 0 Å². The Kier molecular flexibility index (Phi) is 8.06. The molecule has 0 spiro atoms. The number of aromatic nitrogens is 3. The molecular formula is C28H36N6O. The maximum atomic E-state index is 5.88. The molecular weight excluding hydrogens is 436 g/mol. The Labute approximate surface area is 208 Å². The highest BCUT2D eigenvalue weighted by Gasteiger charge is 2.18. The fourth-order valence-corrected chi connectivity index (χ4v) is 4.80. The molecule has 0 bridgehead atoms. The third-order valence-electron chi connectivity index (χ3n) is 6.85. The second-order valence-corrected chi connectivity index (χ2v) is 9.41. The van der Waals surface area contributed by atoms with Gasteiger partial charge in [0.15, 0.2) is 0 Å². The number of piperazine rings is 1. The minimum absolute atomic E-state index is 0.687. The number of unbranched alkanes of at least 4 members (excludes halogenated alkanes) is 1. The van der Waals surface area contributed by atoms with E-state index in [1.165, 1.54) is 18.4 Å². The highest BCUT2D eigenvalue weighted by Crippen LogP contribution is 2.20. The lowest BCUT2D eigenvalue weighted by Gasteiger charge is -2.35. The summed E-state index contributed by atoms with van der Waals surface area (Å²) in [6.45, 7) is 6.76. The van der Waals surface area contributed by atoms with Crippen LogP contribution in [0.4, 0.5) is 11.6 Å². The average Bonchev–Trinajstić information content (AvgIpc) is 2.93. The van der Waals surface area contributed by atoms with Crippen LogP contribution in [0.15, 0.2) is 54.7 Å². The first-order valence-corrected chi connectivity index (χ1v) is 13.0. The maximum absolute atomic E-state index is 5.88. The number of fused-ring (bicyclic) bond motifs is 1. The number of hydrogen-bond acceptors (Lipinski definition) is 7. The summed E-state index contributed by atoms with van der Waals surface area (Å²) < 4.78 is 5.88. The van der Waals surface area contributed by atoms with Crippen LogP contribution >= 0.6 is 0 Å². The Bertz CT molecular complexity index is 1070. The molecule has 1 fully saturated rings. The van der Waals surface area contributed by atoms with E-state index in [2.05, 4.69) is 61.5 Å². The molecule has 7 heteroatoms. The van der Waals surface area contributed by atoms with Crippen LogP contribution in [-0.2, 0) is 19.4 Å². The number of rotatable bonds is 10. The van der Waals surface area contributed by atoms with E-state index in [9.17, 15) is 0 Å². The molecule has 2 aliphatic rings. The topological polar surface area (TPSA) is 66.4 Å². The normalized spacial score (nSPS) is 16.1. The summed E-state index contributed by atoms with van der Waals surface area (Å²) in [5, 5.41) is 3.45. The Morgan fingerprint density at radius 1 is 0.829 bits per heavy atom. The van der Waals surface area contributed by atoms with Gasteiger partial charge in [-0.05, 0) is 62.8 Å². The van der Waals surface area contributed by atoms with Gasteiger partial charge < -0.3 is 15.0 Å². The van der Waals surface area contributed by atoms with Crippen molar-refractivity contribution in [2.24, 2.45) is 0 Å². The molecule has 1 aliphatic heterocycles. The Morgan fingerprint density at radius 2 is 1.66 bits per heavy atom. The van der Waals surface area contributed by atoms with Gasteiger partial charge in [0.25, 0.3) is 0 Å². The minimum Gasteiger partial charge on any atom is -0.477 e. The SMILES string of the molecule is c1ccc(CNc2cccc(N3CCN(CCCCOc4cnc5c(n4)CCCC5)CC3)n2)cc1. The molecule has 0 amide bonds. The summed E-state index contributed by atoms with van der Waals surface area (Å²) in [5.74, 6) is 2.67. The van der Waals surface area contributed by atoms with Gasteiger partial charge in [-0.2, -0.15) is 0 Å². The van der Waals surface area contributed by atoms with Crippen LogP contribution < -0.4 is 15.0 Å². The molecule has 0 saturated carbocycles. The number of ether oxygens (including phenoxy) is 1. The highest BCUT2D eigenvalue weighted by atomic mass is 16.5. The molecule has 0 unspecified atom stereocenters. The fraction of sp³-hybridized carbons (Fsp3) is 0.464. The number of hydrogen-bond donors (Lipinski definition) is 1. The van der Waals surface area contributed by atoms with E-state index in [0.717, 1.165) is 88.0 Å². The molecule has 0 radical (unpaired) electrons. The van der Waals surface area contributed by atoms with E-state index in [1.54, 1.807) is 6.20 Å². The predicted octanol–water partition coefficient (Wildman–Crippen LogP) is 4.34. The highest BCUT2D eigenvalue weighted by molar-refractivity contribution is 5.47. The molecule has 2 aromatic heterocycles. The third-order valence-corrected chi connectivity index (χ3v) is 6.85. The largest absolute Gasteiger partial charge is 0.477 e. The van der Waals surface area contributed by atoms with Gasteiger partial charge in [-0.3, -0.25) is 9.88 Å². The molecule has 184 valence electrons. The van der Waals surface area contributed by atoms with Crippen LogP contribution in [-0.4, -0.2) is 59.2 Å². The number of benzene rings is 1. The van der Waals surface area contributed by atoms with Crippen LogP contribution in [0.3, 0.4) is 0 Å². The number of pyridine rings is 1. The molecule has 35 heavy (non-hydrogen) atoms. The fourth-order valence-electron chi connectivity index (χ4n) is 4.80. The number of nitrogens with one attached hydrogen (secondary N) is 1. The molecule has 1 aliphatic carbocycles. The maximum Gasteiger partial charge on any atom is 0.232 e. The minimum atomic E-state index is 0.687. The molecule has 7 nitrogen and oxygen atoms in total. The lowest BCUT2D eigenvalue weighted by atomic mass is 10.0. The van der Waals surface area contributed by atoms with Gasteiger partial charge in [0.1, 0.15) is 11.6 Å². The van der Waals surface area contributed by atoms with E-state index in [4.69, 9.17) is 9.72 Å². The first kappa shape index (κ1) is 23.5. The zero-order chi connectivity index (χ0) is 23.7. The first-order valence-electron chi connectivity index (χ1n) is 13.0. The number of aryl methyl sites for hydroxylation is 2. The van der Waals surface area contributed by atoms with Crippen LogP contribution in [0.5, 0.6) is 5.88 Å². The van der Waals surface area contributed by atoms with Gasteiger partial charge in [-0.25, -0.2) is 9.97 Å². The average molecular weight is 473 g/mol. The lowest BCUT2D eigenvalue weighted by Crippen LogP contribution is -2.47. The summed E-state index contributed by atoms with van der Waals surface area (Å²) in [6.07, 6.45) is 8.50. The van der Waals surface area contributed by atoms with E-state index in [1.807, 2.05) is 12.1 Å². The van der Waals surface area contributed by atoms with Crippen molar-refractivity contribution in [1.29, 1.82) is 0 Å². The summed E-state index contributed by atoms with van der Waals surface area (Å²) in [5.41, 5.74) is 3.56. The van der Waals surface area contributed by atoms with Gasteiger partial charge in [0.05, 0.1) is 24.2 Å². The Balaban J connectivity index is 0.997. The van der Waals surface area contributed by atoms with Crippen molar-refractivity contribution in [3.63, 3.8) is 0 Å². The zero-order valence-corrected chi connectivity index (χ0v) is 20.5. The van der Waals surface area contributed by atoms with Gasteiger partial charge in [-0.15, -0.1) is 0 Å². The van der Waals surface area contributed by atoms with Crippen molar-refractivity contribution in [3.8, 4) is 5.88 Å². The second-order valence-electron chi connectivity index (χ2n) is 9.41. The van der Waals surface area contributed by atoms with Gasteiger partial charge in [-0.1, -0.05) is 36.4 Å². The molecule has 1 saturated heterocycles. The summed E-state index contributed by atoms with van der Waals surface area (Å²) in [7, 11) is 0.